The molecule has 0 spiro atoms. The molecule has 2 bridgehead atoms. The lowest BCUT2D eigenvalue weighted by atomic mass is 10.1. The largest absolute Gasteiger partial charge is 0.465 e. The molecule has 2 aliphatic rings. The third-order valence-corrected chi connectivity index (χ3v) is 6.22. The number of carboxylic acid groups (broad SMARTS) is 1. The number of morpholine rings is 1. The molecule has 2 aliphatic heterocycles. The van der Waals surface area contributed by atoms with Crippen LogP contribution in [0, 0.1) is 0 Å². The zero-order valence-electron chi connectivity index (χ0n) is 16.7. The molecule has 0 aliphatic carbocycles. The maximum Gasteiger partial charge on any atom is 0.408 e. The molecule has 0 saturated carbocycles. The van der Waals surface area contributed by atoms with Crippen molar-refractivity contribution in [1.29, 1.82) is 0 Å². The number of nitrogens with zero attached hydrogens (tertiary/aromatic N) is 4. The second-order valence-electron chi connectivity index (χ2n) is 7.37. The maximum absolute atomic E-state index is 12.4. The first-order valence-corrected chi connectivity index (χ1v) is 10.8. The van der Waals surface area contributed by atoms with Crippen molar-refractivity contribution in [2.45, 2.75) is 19.0 Å². The van der Waals surface area contributed by atoms with Crippen LogP contribution in [-0.2, 0) is 9.47 Å². The number of fused-ring (bicyclic) bond motifs is 3. The molecule has 2 fully saturated rings. The highest BCUT2D eigenvalue weighted by atomic mass is 32.1. The summed E-state index contributed by atoms with van der Waals surface area (Å²) in [4.78, 5) is 36.4. The Hall–Kier alpha value is -3.18. The van der Waals surface area contributed by atoms with Gasteiger partial charge in [0.2, 0.25) is 0 Å². The smallest absolute Gasteiger partial charge is 0.408 e. The number of esters is 1. The Bertz CT molecular complexity index is 1120. The van der Waals surface area contributed by atoms with Crippen molar-refractivity contribution in [2.75, 3.05) is 37.8 Å². The second-order valence-corrected chi connectivity index (χ2v) is 8.26. The lowest BCUT2D eigenvalue weighted by molar-refractivity contribution is -0.0457. The molecule has 1 N–H and O–H groups in total. The molecule has 162 valence electrons. The third kappa shape index (κ3) is 3.49. The lowest BCUT2D eigenvalue weighted by Crippen LogP contribution is -2.66. The zero-order valence-corrected chi connectivity index (χ0v) is 17.5. The van der Waals surface area contributed by atoms with E-state index in [0.29, 0.717) is 59.6 Å². The summed E-state index contributed by atoms with van der Waals surface area (Å²) in [5.41, 5.74) is 2.09. The van der Waals surface area contributed by atoms with E-state index in [-0.39, 0.29) is 18.7 Å². The van der Waals surface area contributed by atoms with Crippen molar-refractivity contribution in [2.24, 2.45) is 0 Å². The fourth-order valence-electron chi connectivity index (χ4n) is 4.14. The van der Waals surface area contributed by atoms with Gasteiger partial charge in [-0.15, -0.1) is 11.3 Å². The fraction of sp³-hybridized carbons (Fsp3) is 0.400. The highest BCUT2D eigenvalue weighted by Gasteiger charge is 2.42. The summed E-state index contributed by atoms with van der Waals surface area (Å²) in [6.45, 7) is 3.50. The molecule has 2 saturated heterocycles. The van der Waals surface area contributed by atoms with Crippen LogP contribution in [0.1, 0.15) is 17.3 Å². The number of oxazole rings is 1. The van der Waals surface area contributed by atoms with Gasteiger partial charge in [0, 0.05) is 24.7 Å². The minimum atomic E-state index is -0.944. The van der Waals surface area contributed by atoms with Crippen LogP contribution in [0.15, 0.2) is 28.1 Å². The van der Waals surface area contributed by atoms with Gasteiger partial charge >= 0.3 is 12.1 Å². The number of rotatable bonds is 4. The van der Waals surface area contributed by atoms with E-state index in [4.69, 9.17) is 13.9 Å². The Labute approximate surface area is 181 Å². The van der Waals surface area contributed by atoms with Gasteiger partial charge in [-0.1, -0.05) is 0 Å². The third-order valence-electron chi connectivity index (χ3n) is 5.41. The molecule has 1 amide bonds. The molecule has 0 radical (unpaired) electrons. The van der Waals surface area contributed by atoms with E-state index in [1.165, 1.54) is 16.2 Å². The first kappa shape index (κ1) is 19.8. The Morgan fingerprint density at radius 1 is 1.29 bits per heavy atom. The van der Waals surface area contributed by atoms with Crippen molar-refractivity contribution >= 4 is 40.5 Å². The van der Waals surface area contributed by atoms with E-state index in [2.05, 4.69) is 9.97 Å². The van der Waals surface area contributed by atoms with Gasteiger partial charge in [-0.2, -0.15) is 4.98 Å². The van der Waals surface area contributed by atoms with Crippen molar-refractivity contribution < 1.29 is 28.6 Å². The normalized spacial score (nSPS) is 20.8. The van der Waals surface area contributed by atoms with Crippen LogP contribution < -0.4 is 4.90 Å². The Balaban J connectivity index is 1.55. The number of carbonyl (C=O) groups excluding carboxylic acids is 1. The molecule has 11 heteroatoms. The predicted molar refractivity (Wildman–Crippen MR) is 112 cm³/mol. The number of aromatic nitrogens is 2. The number of carbonyl (C=O) groups is 2. The van der Waals surface area contributed by atoms with E-state index >= 15 is 0 Å². The molecule has 10 nitrogen and oxygen atoms in total. The molecule has 2 unspecified atom stereocenters. The SMILES string of the molecule is CCOC(=O)c1cc(-c2nccs2)c2oc(N3CC4COCC(C3)N4C(=O)O)nc2c1. The molecule has 2 aromatic heterocycles. The summed E-state index contributed by atoms with van der Waals surface area (Å²) in [6, 6.07) is 3.14. The first-order chi connectivity index (χ1) is 15.0. The van der Waals surface area contributed by atoms with E-state index in [0.717, 1.165) is 0 Å². The first-order valence-electron chi connectivity index (χ1n) is 9.90. The number of thiazole rings is 1. The molecule has 1 aromatic carbocycles. The summed E-state index contributed by atoms with van der Waals surface area (Å²) in [7, 11) is 0. The van der Waals surface area contributed by atoms with Crippen molar-refractivity contribution in [3.8, 4) is 10.6 Å². The molecule has 31 heavy (non-hydrogen) atoms. The topological polar surface area (TPSA) is 118 Å². The molecule has 5 rings (SSSR count). The van der Waals surface area contributed by atoms with Crippen LogP contribution in [0.5, 0.6) is 0 Å². The van der Waals surface area contributed by atoms with Gasteiger partial charge in [0.05, 0.1) is 43.0 Å². The van der Waals surface area contributed by atoms with Crippen LogP contribution in [0.2, 0.25) is 0 Å². The molecule has 4 heterocycles. The Morgan fingerprint density at radius 2 is 2.06 bits per heavy atom. The Kier molecular flexibility index (Phi) is 4.98. The van der Waals surface area contributed by atoms with Gasteiger partial charge in [-0.05, 0) is 19.1 Å². The quantitative estimate of drug-likeness (QED) is 0.606. The monoisotopic (exact) mass is 444 g/mol. The highest BCUT2D eigenvalue weighted by molar-refractivity contribution is 7.13. The highest BCUT2D eigenvalue weighted by Crippen LogP contribution is 2.35. The standard InChI is InChI=1S/C20H20N4O6S/c1-2-29-18(25)11-5-14(17-21-3-4-31-17)16-15(6-11)22-19(30-16)23-7-12-9-28-10-13(8-23)24(12)20(26)27/h3-6,12-13H,2,7-10H2,1H3,(H,26,27). The number of hydrogen-bond acceptors (Lipinski definition) is 9. The van der Waals surface area contributed by atoms with Crippen molar-refractivity contribution in [1.82, 2.24) is 14.9 Å². The summed E-state index contributed by atoms with van der Waals surface area (Å²) in [5, 5.41) is 12.1. The fourth-order valence-corrected chi connectivity index (χ4v) is 4.79. The number of hydrogen-bond donors (Lipinski definition) is 1. The van der Waals surface area contributed by atoms with Gasteiger partial charge in [0.25, 0.3) is 6.01 Å². The molecular formula is C20H20N4O6S. The van der Waals surface area contributed by atoms with Crippen LogP contribution in [-0.4, -0.2) is 77.0 Å². The molecule has 2 atom stereocenters. The number of piperazine rings is 1. The average molecular weight is 444 g/mol. The summed E-state index contributed by atoms with van der Waals surface area (Å²) in [6.07, 6.45) is 0.743. The summed E-state index contributed by atoms with van der Waals surface area (Å²) < 4.78 is 16.9. The van der Waals surface area contributed by atoms with Crippen LogP contribution >= 0.6 is 11.3 Å². The maximum atomic E-state index is 12.4. The van der Waals surface area contributed by atoms with E-state index in [1.54, 1.807) is 25.3 Å². The van der Waals surface area contributed by atoms with Gasteiger partial charge in [0.15, 0.2) is 5.58 Å². The second kappa shape index (κ2) is 7.82. The van der Waals surface area contributed by atoms with Crippen LogP contribution in [0.25, 0.3) is 21.7 Å². The minimum Gasteiger partial charge on any atom is -0.465 e. The number of anilines is 1. The average Bonchev–Trinajstić information content (AvgIpc) is 3.42. The van der Waals surface area contributed by atoms with E-state index < -0.39 is 12.1 Å². The van der Waals surface area contributed by atoms with Gasteiger partial charge in [0.1, 0.15) is 10.5 Å². The van der Waals surface area contributed by atoms with E-state index in [1.807, 2.05) is 10.3 Å². The van der Waals surface area contributed by atoms with E-state index in [9.17, 15) is 14.7 Å². The minimum absolute atomic E-state index is 0.270. The van der Waals surface area contributed by atoms with Gasteiger partial charge < -0.3 is 23.9 Å². The van der Waals surface area contributed by atoms with Crippen molar-refractivity contribution in [3.05, 3.63) is 29.3 Å². The van der Waals surface area contributed by atoms with Crippen LogP contribution in [0.4, 0.5) is 10.8 Å². The number of benzene rings is 1. The molecular weight excluding hydrogens is 424 g/mol. The van der Waals surface area contributed by atoms with Crippen LogP contribution in [0.3, 0.4) is 0 Å². The number of ether oxygens (including phenoxy) is 2. The predicted octanol–water partition coefficient (Wildman–Crippen LogP) is 2.70. The summed E-state index contributed by atoms with van der Waals surface area (Å²) in [5.74, 6) is -0.437. The number of amides is 1. The van der Waals surface area contributed by atoms with Gasteiger partial charge in [-0.3, -0.25) is 4.90 Å². The molecule has 3 aromatic rings. The van der Waals surface area contributed by atoms with Crippen molar-refractivity contribution in [3.63, 3.8) is 0 Å². The summed E-state index contributed by atoms with van der Waals surface area (Å²) >= 11 is 1.43. The zero-order chi connectivity index (χ0) is 21.5. The Morgan fingerprint density at radius 3 is 2.71 bits per heavy atom. The lowest BCUT2D eigenvalue weighted by Gasteiger charge is -2.47. The van der Waals surface area contributed by atoms with Gasteiger partial charge in [-0.25, -0.2) is 14.6 Å².